The first kappa shape index (κ1) is 22.7. The molecule has 1 saturated carbocycles. The second kappa shape index (κ2) is 9.16. The Kier molecular flexibility index (Phi) is 6.49. The minimum Gasteiger partial charge on any atom is -0.490 e. The van der Waals surface area contributed by atoms with E-state index >= 15 is 0 Å². The lowest BCUT2D eigenvalue weighted by Crippen LogP contribution is -2.63. The average molecular weight is 441 g/mol. The van der Waals surface area contributed by atoms with Crippen LogP contribution >= 0.6 is 0 Å². The number of nitrogens with zero attached hydrogens (tertiary/aromatic N) is 1. The third-order valence-electron chi connectivity index (χ3n) is 6.28. The SMILES string of the molecule is N#Cc1ccc([C@]2(O)O[C@H](CO)[C@@H](O)[C@H](O)[C@H]2O)cc1Cc1ccc(OC2CCC2)cc1. The van der Waals surface area contributed by atoms with Gasteiger partial charge in [-0.15, -0.1) is 0 Å². The van der Waals surface area contributed by atoms with Crippen LogP contribution in [0.4, 0.5) is 0 Å². The zero-order valence-corrected chi connectivity index (χ0v) is 17.5. The van der Waals surface area contributed by atoms with Crippen molar-refractivity contribution in [2.45, 2.75) is 62.0 Å². The first-order valence-electron chi connectivity index (χ1n) is 10.7. The Balaban J connectivity index is 1.59. The van der Waals surface area contributed by atoms with Gasteiger partial charge in [0, 0.05) is 5.56 Å². The summed E-state index contributed by atoms with van der Waals surface area (Å²) in [4.78, 5) is 0. The summed E-state index contributed by atoms with van der Waals surface area (Å²) < 4.78 is 11.3. The maximum absolute atomic E-state index is 11.1. The molecule has 0 spiro atoms. The minimum absolute atomic E-state index is 0.105. The molecule has 4 rings (SSSR count). The van der Waals surface area contributed by atoms with Crippen LogP contribution in [0.1, 0.15) is 41.5 Å². The number of hydrogen-bond acceptors (Lipinski definition) is 8. The molecule has 8 heteroatoms. The molecule has 170 valence electrons. The lowest BCUT2D eigenvalue weighted by atomic mass is 9.86. The molecule has 5 atom stereocenters. The van der Waals surface area contributed by atoms with Crippen LogP contribution in [0, 0.1) is 11.3 Å². The predicted molar refractivity (Wildman–Crippen MR) is 113 cm³/mol. The van der Waals surface area contributed by atoms with E-state index in [4.69, 9.17) is 9.47 Å². The average Bonchev–Trinajstić information content (AvgIpc) is 2.78. The molecule has 0 radical (unpaired) electrons. The van der Waals surface area contributed by atoms with Crippen molar-refractivity contribution >= 4 is 0 Å². The van der Waals surface area contributed by atoms with Gasteiger partial charge in [-0.2, -0.15) is 5.26 Å². The molecule has 2 fully saturated rings. The number of benzene rings is 2. The van der Waals surface area contributed by atoms with Crippen LogP contribution in [0.15, 0.2) is 42.5 Å². The van der Waals surface area contributed by atoms with Crippen LogP contribution in [0.25, 0.3) is 0 Å². The Morgan fingerprint density at radius 1 is 1.06 bits per heavy atom. The predicted octanol–water partition coefficient (Wildman–Crippen LogP) is 0.699. The molecule has 0 bridgehead atoms. The van der Waals surface area contributed by atoms with Crippen LogP contribution in [0.2, 0.25) is 0 Å². The van der Waals surface area contributed by atoms with E-state index in [0.29, 0.717) is 17.5 Å². The fraction of sp³-hybridized carbons (Fsp3) is 0.458. The van der Waals surface area contributed by atoms with Gasteiger partial charge in [0.15, 0.2) is 0 Å². The van der Waals surface area contributed by atoms with E-state index in [1.54, 1.807) is 0 Å². The van der Waals surface area contributed by atoms with Crippen LogP contribution in [-0.4, -0.2) is 62.7 Å². The summed E-state index contributed by atoms with van der Waals surface area (Å²) in [6, 6.07) is 14.1. The van der Waals surface area contributed by atoms with Crippen molar-refractivity contribution in [2.24, 2.45) is 0 Å². The Morgan fingerprint density at radius 3 is 2.38 bits per heavy atom. The molecule has 2 aliphatic rings. The van der Waals surface area contributed by atoms with Crippen molar-refractivity contribution < 1.29 is 35.0 Å². The van der Waals surface area contributed by atoms with Gasteiger partial charge in [0.1, 0.15) is 30.2 Å². The van der Waals surface area contributed by atoms with E-state index in [1.807, 2.05) is 24.3 Å². The highest BCUT2D eigenvalue weighted by molar-refractivity contribution is 5.45. The summed E-state index contributed by atoms with van der Waals surface area (Å²) in [5.41, 5.74) is 1.99. The number of ether oxygens (including phenoxy) is 2. The van der Waals surface area contributed by atoms with Gasteiger partial charge in [-0.3, -0.25) is 0 Å². The number of nitriles is 1. The zero-order valence-electron chi connectivity index (χ0n) is 17.5. The fourth-order valence-corrected chi connectivity index (χ4v) is 4.05. The van der Waals surface area contributed by atoms with E-state index in [9.17, 15) is 30.8 Å². The second-order valence-corrected chi connectivity index (χ2v) is 8.44. The normalized spacial score (nSPS) is 30.4. The highest BCUT2D eigenvalue weighted by Gasteiger charge is 2.53. The van der Waals surface area contributed by atoms with E-state index in [-0.39, 0.29) is 11.7 Å². The quantitative estimate of drug-likeness (QED) is 0.441. The monoisotopic (exact) mass is 441 g/mol. The first-order chi connectivity index (χ1) is 15.4. The van der Waals surface area contributed by atoms with Crippen molar-refractivity contribution in [1.29, 1.82) is 5.26 Å². The number of aliphatic hydroxyl groups is 5. The van der Waals surface area contributed by atoms with Gasteiger partial charge in [-0.1, -0.05) is 18.2 Å². The summed E-state index contributed by atoms with van der Waals surface area (Å²) in [6.07, 6.45) is -2.45. The molecular weight excluding hydrogens is 414 g/mol. The molecule has 0 amide bonds. The maximum Gasteiger partial charge on any atom is 0.222 e. The standard InChI is InChI=1S/C24H27NO7/c25-12-15-6-7-17(24(30)23(29)22(28)21(27)20(13-26)32-24)11-16(15)10-14-4-8-19(9-5-14)31-18-2-1-3-18/h4-9,11,18,20-23,26-30H,1-3,10,13H2/t20-,21-,22+,23-,24+/m1/s1. The molecule has 2 aromatic rings. The molecule has 1 aliphatic carbocycles. The van der Waals surface area contributed by atoms with Gasteiger partial charge in [-0.05, 0) is 61.1 Å². The third-order valence-corrected chi connectivity index (χ3v) is 6.28. The highest BCUT2D eigenvalue weighted by Crippen LogP contribution is 2.37. The summed E-state index contributed by atoms with van der Waals surface area (Å²) in [7, 11) is 0. The van der Waals surface area contributed by atoms with E-state index < -0.39 is 36.8 Å². The van der Waals surface area contributed by atoms with Crippen LogP contribution in [0.3, 0.4) is 0 Å². The maximum atomic E-state index is 11.1. The lowest BCUT2D eigenvalue weighted by Gasteiger charge is -2.45. The van der Waals surface area contributed by atoms with Gasteiger partial charge >= 0.3 is 0 Å². The molecule has 1 heterocycles. The molecule has 0 aromatic heterocycles. The van der Waals surface area contributed by atoms with Gasteiger partial charge in [0.05, 0.1) is 24.3 Å². The summed E-state index contributed by atoms with van der Waals surface area (Å²) >= 11 is 0. The van der Waals surface area contributed by atoms with Crippen molar-refractivity contribution in [3.05, 3.63) is 64.7 Å². The highest BCUT2D eigenvalue weighted by atomic mass is 16.7. The van der Waals surface area contributed by atoms with Gasteiger partial charge in [0.2, 0.25) is 5.79 Å². The zero-order chi connectivity index (χ0) is 22.9. The number of hydrogen-bond donors (Lipinski definition) is 5. The van der Waals surface area contributed by atoms with Crippen molar-refractivity contribution in [1.82, 2.24) is 0 Å². The van der Waals surface area contributed by atoms with Crippen LogP contribution in [0.5, 0.6) is 5.75 Å². The molecule has 0 unspecified atom stereocenters. The van der Waals surface area contributed by atoms with Crippen LogP contribution < -0.4 is 4.74 Å². The Bertz CT molecular complexity index is 983. The molecule has 8 nitrogen and oxygen atoms in total. The van der Waals surface area contributed by atoms with E-state index in [0.717, 1.165) is 24.2 Å². The Labute approximate surface area is 185 Å². The minimum atomic E-state index is -2.37. The number of aliphatic hydroxyl groups excluding tert-OH is 4. The molecule has 5 N–H and O–H groups in total. The first-order valence-corrected chi connectivity index (χ1v) is 10.7. The van der Waals surface area contributed by atoms with E-state index in [1.165, 1.54) is 24.6 Å². The largest absolute Gasteiger partial charge is 0.490 e. The Morgan fingerprint density at radius 2 is 1.78 bits per heavy atom. The topological polar surface area (TPSA) is 143 Å². The second-order valence-electron chi connectivity index (χ2n) is 8.44. The molecule has 32 heavy (non-hydrogen) atoms. The number of rotatable bonds is 6. The van der Waals surface area contributed by atoms with Crippen molar-refractivity contribution in [2.75, 3.05) is 6.61 Å². The van der Waals surface area contributed by atoms with Gasteiger partial charge in [0.25, 0.3) is 0 Å². The van der Waals surface area contributed by atoms with Crippen LogP contribution in [-0.2, 0) is 16.9 Å². The molecule has 1 aliphatic heterocycles. The third kappa shape index (κ3) is 4.24. The fourth-order valence-electron chi connectivity index (χ4n) is 4.05. The smallest absolute Gasteiger partial charge is 0.222 e. The van der Waals surface area contributed by atoms with Gasteiger partial charge in [-0.25, -0.2) is 0 Å². The lowest BCUT2D eigenvalue weighted by molar-refractivity contribution is -0.357. The Hall–Kier alpha value is -2.51. The molecular formula is C24H27NO7. The molecule has 2 aromatic carbocycles. The summed E-state index contributed by atoms with van der Waals surface area (Å²) in [5.74, 6) is -1.57. The summed E-state index contributed by atoms with van der Waals surface area (Å²) in [6.45, 7) is -0.661. The molecule has 1 saturated heterocycles. The van der Waals surface area contributed by atoms with Crippen molar-refractivity contribution in [3.8, 4) is 11.8 Å². The van der Waals surface area contributed by atoms with E-state index in [2.05, 4.69) is 6.07 Å². The van der Waals surface area contributed by atoms with Crippen molar-refractivity contribution in [3.63, 3.8) is 0 Å². The van der Waals surface area contributed by atoms with Gasteiger partial charge < -0.3 is 35.0 Å². The summed E-state index contributed by atoms with van der Waals surface area (Å²) in [5, 5.41) is 60.5.